The van der Waals surface area contributed by atoms with Crippen molar-refractivity contribution < 1.29 is 14.3 Å². The summed E-state index contributed by atoms with van der Waals surface area (Å²) in [6, 6.07) is 15.2. The number of para-hydroxylation sites is 4. The molecule has 0 aliphatic carbocycles. The topological polar surface area (TPSA) is 76.2 Å². The number of amides is 1. The van der Waals surface area contributed by atoms with E-state index >= 15 is 0 Å². The molecule has 0 saturated carbocycles. The first-order chi connectivity index (χ1) is 12.2. The van der Waals surface area contributed by atoms with Crippen LogP contribution < -0.4 is 14.8 Å². The van der Waals surface area contributed by atoms with E-state index in [0.29, 0.717) is 24.5 Å². The second-order valence-corrected chi connectivity index (χ2v) is 6.05. The lowest BCUT2D eigenvalue weighted by Gasteiger charge is -2.30. The zero-order chi connectivity index (χ0) is 17.2. The van der Waals surface area contributed by atoms with Crippen molar-refractivity contribution in [2.45, 2.75) is 25.6 Å². The molecule has 3 aromatic rings. The smallest absolute Gasteiger partial charge is 0.265 e. The van der Waals surface area contributed by atoms with Crippen LogP contribution in [0.3, 0.4) is 0 Å². The third-order valence-corrected chi connectivity index (χ3v) is 4.20. The number of aromatic nitrogens is 2. The lowest BCUT2D eigenvalue weighted by molar-refractivity contribution is -0.133. The van der Waals surface area contributed by atoms with Gasteiger partial charge in [0.05, 0.1) is 11.0 Å². The molecule has 2 atom stereocenters. The van der Waals surface area contributed by atoms with Crippen molar-refractivity contribution in [1.82, 2.24) is 15.3 Å². The van der Waals surface area contributed by atoms with Crippen molar-refractivity contribution in [3.63, 3.8) is 0 Å². The predicted molar refractivity (Wildman–Crippen MR) is 93.8 cm³/mol. The van der Waals surface area contributed by atoms with E-state index in [9.17, 15) is 4.79 Å². The number of nitrogens with zero attached hydrogens (tertiary/aromatic N) is 1. The van der Waals surface area contributed by atoms with Crippen LogP contribution in [0.2, 0.25) is 0 Å². The maximum absolute atomic E-state index is 12.4. The number of fused-ring (bicyclic) bond motifs is 2. The molecule has 0 radical (unpaired) electrons. The maximum Gasteiger partial charge on any atom is 0.265 e. The largest absolute Gasteiger partial charge is 0.482 e. The molecule has 2 unspecified atom stereocenters. The fourth-order valence-corrected chi connectivity index (χ4v) is 2.93. The standard InChI is InChI=1S/C19H19N3O3/c1-12-18(25-16-9-5-4-8-15(16)24-12)19(23)20-11-10-17-21-13-6-2-3-7-14(13)22-17/h2-9,12,18H,10-11H2,1H3,(H,20,23)(H,21,22). The number of hydrogen-bond acceptors (Lipinski definition) is 4. The van der Waals surface area contributed by atoms with Crippen molar-refractivity contribution in [3.05, 3.63) is 54.4 Å². The summed E-state index contributed by atoms with van der Waals surface area (Å²) in [6.45, 7) is 2.31. The zero-order valence-electron chi connectivity index (χ0n) is 13.9. The molecule has 0 spiro atoms. The first kappa shape index (κ1) is 15.5. The average Bonchev–Trinajstić information content (AvgIpc) is 3.03. The number of hydrogen-bond donors (Lipinski definition) is 2. The Bertz CT molecular complexity index is 873. The van der Waals surface area contributed by atoms with Crippen LogP contribution in [0, 0.1) is 0 Å². The SMILES string of the molecule is CC1Oc2ccccc2OC1C(=O)NCCc1nc2ccccc2[nH]1. The van der Waals surface area contributed by atoms with E-state index in [1.165, 1.54) is 0 Å². The Morgan fingerprint density at radius 1 is 1.12 bits per heavy atom. The molecule has 4 rings (SSSR count). The molecule has 6 heteroatoms. The van der Waals surface area contributed by atoms with Gasteiger partial charge in [-0.3, -0.25) is 4.79 Å². The van der Waals surface area contributed by atoms with E-state index in [4.69, 9.17) is 9.47 Å². The van der Waals surface area contributed by atoms with E-state index in [1.807, 2.05) is 49.4 Å². The molecule has 2 aromatic carbocycles. The van der Waals surface area contributed by atoms with Crippen LogP contribution in [0.25, 0.3) is 11.0 Å². The monoisotopic (exact) mass is 337 g/mol. The minimum absolute atomic E-state index is 0.182. The quantitative estimate of drug-likeness (QED) is 0.767. The molecule has 1 amide bonds. The van der Waals surface area contributed by atoms with Crippen LogP contribution in [-0.4, -0.2) is 34.6 Å². The number of rotatable bonds is 4. The number of H-pyrrole nitrogens is 1. The summed E-state index contributed by atoms with van der Waals surface area (Å²) in [5, 5.41) is 2.90. The van der Waals surface area contributed by atoms with Gasteiger partial charge in [-0.2, -0.15) is 0 Å². The highest BCUT2D eigenvalue weighted by Crippen LogP contribution is 2.33. The van der Waals surface area contributed by atoms with Crippen molar-refractivity contribution in [2.75, 3.05) is 6.54 Å². The molecule has 1 aliphatic heterocycles. The summed E-state index contributed by atoms with van der Waals surface area (Å²) in [7, 11) is 0. The summed E-state index contributed by atoms with van der Waals surface area (Å²) in [6.07, 6.45) is -0.384. The molecule has 0 fully saturated rings. The lowest BCUT2D eigenvalue weighted by atomic mass is 10.1. The normalized spacial score (nSPS) is 18.9. The minimum Gasteiger partial charge on any atom is -0.482 e. The highest BCUT2D eigenvalue weighted by Gasteiger charge is 2.33. The molecule has 1 aliphatic rings. The molecule has 1 aromatic heterocycles. The van der Waals surface area contributed by atoms with Crippen molar-refractivity contribution in [2.24, 2.45) is 0 Å². The van der Waals surface area contributed by atoms with Crippen LogP contribution in [0.4, 0.5) is 0 Å². The molecule has 25 heavy (non-hydrogen) atoms. The van der Waals surface area contributed by atoms with Crippen LogP contribution >= 0.6 is 0 Å². The first-order valence-electron chi connectivity index (χ1n) is 8.34. The van der Waals surface area contributed by atoms with Gasteiger partial charge in [0.2, 0.25) is 6.10 Å². The molecule has 0 bridgehead atoms. The fraction of sp³-hybridized carbons (Fsp3) is 0.263. The molecule has 128 valence electrons. The summed E-state index contributed by atoms with van der Waals surface area (Å²) in [5.41, 5.74) is 1.93. The van der Waals surface area contributed by atoms with Crippen LogP contribution in [0.5, 0.6) is 11.5 Å². The zero-order valence-corrected chi connectivity index (χ0v) is 13.9. The third-order valence-electron chi connectivity index (χ3n) is 4.20. The van der Waals surface area contributed by atoms with Gasteiger partial charge in [0.1, 0.15) is 11.9 Å². The van der Waals surface area contributed by atoms with Gasteiger partial charge in [0, 0.05) is 13.0 Å². The highest BCUT2D eigenvalue weighted by atomic mass is 16.6. The van der Waals surface area contributed by atoms with Gasteiger partial charge in [-0.05, 0) is 31.2 Å². The fourth-order valence-electron chi connectivity index (χ4n) is 2.93. The van der Waals surface area contributed by atoms with Gasteiger partial charge in [-0.25, -0.2) is 4.98 Å². The average molecular weight is 337 g/mol. The lowest BCUT2D eigenvalue weighted by Crippen LogP contribution is -2.49. The van der Waals surface area contributed by atoms with E-state index < -0.39 is 6.10 Å². The van der Waals surface area contributed by atoms with Gasteiger partial charge < -0.3 is 19.8 Å². The Morgan fingerprint density at radius 3 is 2.64 bits per heavy atom. The van der Waals surface area contributed by atoms with Gasteiger partial charge in [-0.1, -0.05) is 24.3 Å². The van der Waals surface area contributed by atoms with Crippen LogP contribution in [0.1, 0.15) is 12.7 Å². The third kappa shape index (κ3) is 3.15. The Hall–Kier alpha value is -3.02. The number of nitrogens with one attached hydrogen (secondary N) is 2. The van der Waals surface area contributed by atoms with Crippen LogP contribution in [0.15, 0.2) is 48.5 Å². The number of benzene rings is 2. The van der Waals surface area contributed by atoms with E-state index in [2.05, 4.69) is 15.3 Å². The van der Waals surface area contributed by atoms with Crippen molar-refractivity contribution >= 4 is 16.9 Å². The molecular weight excluding hydrogens is 318 g/mol. The summed E-state index contributed by atoms with van der Waals surface area (Å²) < 4.78 is 11.6. The Morgan fingerprint density at radius 2 is 1.84 bits per heavy atom. The molecule has 6 nitrogen and oxygen atoms in total. The number of carbonyl (C=O) groups excluding carboxylic acids is 1. The first-order valence-corrected chi connectivity index (χ1v) is 8.34. The second-order valence-electron chi connectivity index (χ2n) is 6.05. The summed E-state index contributed by atoms with van der Waals surface area (Å²) in [4.78, 5) is 20.2. The van der Waals surface area contributed by atoms with E-state index in [1.54, 1.807) is 6.07 Å². The summed E-state index contributed by atoms with van der Waals surface area (Å²) in [5.74, 6) is 1.93. The Balaban J connectivity index is 1.36. The van der Waals surface area contributed by atoms with Gasteiger partial charge in [0.15, 0.2) is 11.5 Å². The van der Waals surface area contributed by atoms with Gasteiger partial charge in [-0.15, -0.1) is 0 Å². The summed E-state index contributed by atoms with van der Waals surface area (Å²) >= 11 is 0. The maximum atomic E-state index is 12.4. The minimum atomic E-state index is -0.662. The number of imidazole rings is 1. The Labute approximate surface area is 145 Å². The second kappa shape index (κ2) is 6.47. The molecule has 0 saturated heterocycles. The van der Waals surface area contributed by atoms with Crippen LogP contribution in [-0.2, 0) is 11.2 Å². The van der Waals surface area contributed by atoms with Gasteiger partial charge >= 0.3 is 0 Å². The molecule has 2 N–H and O–H groups in total. The van der Waals surface area contributed by atoms with E-state index in [0.717, 1.165) is 16.9 Å². The predicted octanol–water partition coefficient (Wildman–Crippen LogP) is 2.45. The van der Waals surface area contributed by atoms with Crippen molar-refractivity contribution in [3.8, 4) is 11.5 Å². The Kier molecular flexibility index (Phi) is 4.01. The molecular formula is C19H19N3O3. The number of ether oxygens (including phenoxy) is 2. The van der Waals surface area contributed by atoms with Crippen molar-refractivity contribution in [1.29, 1.82) is 0 Å². The number of carbonyl (C=O) groups is 1. The van der Waals surface area contributed by atoms with Gasteiger partial charge in [0.25, 0.3) is 5.91 Å². The highest BCUT2D eigenvalue weighted by molar-refractivity contribution is 5.82. The number of aromatic amines is 1. The van der Waals surface area contributed by atoms with E-state index in [-0.39, 0.29) is 12.0 Å². The molecule has 2 heterocycles.